The van der Waals surface area contributed by atoms with Gasteiger partial charge >= 0.3 is 0 Å². The highest BCUT2D eigenvalue weighted by Gasteiger charge is 2.19. The second kappa shape index (κ2) is 4.75. The average Bonchev–Trinajstić information content (AvgIpc) is 2.56. The van der Waals surface area contributed by atoms with Crippen LogP contribution in [0.4, 0.5) is 4.39 Å². The lowest BCUT2D eigenvalue weighted by Crippen LogP contribution is -2.03. The van der Waals surface area contributed by atoms with E-state index in [4.69, 9.17) is 11.6 Å². The Balaban J connectivity index is 2.47. The number of hydrogen-bond donors (Lipinski definition) is 2. The van der Waals surface area contributed by atoms with Crippen molar-refractivity contribution in [3.63, 3.8) is 0 Å². The van der Waals surface area contributed by atoms with Gasteiger partial charge in [0.2, 0.25) is 0 Å². The Morgan fingerprint density at radius 1 is 1.22 bits per heavy atom. The molecule has 0 radical (unpaired) electrons. The number of nitrogens with one attached hydrogen (secondary N) is 1. The molecule has 96 valence electrons. The number of aliphatic hydroxyl groups is 1. The molecule has 0 saturated carbocycles. The number of hydrogen-bond acceptors (Lipinski definition) is 1. The second-order valence-corrected chi connectivity index (χ2v) is 4.89. The van der Waals surface area contributed by atoms with Crippen molar-refractivity contribution in [3.8, 4) is 0 Å². The number of aryl methyl sites for hydroxylation is 1. The van der Waals surface area contributed by atoms with Gasteiger partial charge in [0.25, 0.3) is 0 Å². The summed E-state index contributed by atoms with van der Waals surface area (Å²) in [6, 6.07) is 4.01. The maximum Gasteiger partial charge on any atom is 0.124 e. The third-order valence-electron chi connectivity index (χ3n) is 3.38. The molecule has 4 heteroatoms. The maximum atomic E-state index is 13.0. The summed E-state index contributed by atoms with van der Waals surface area (Å²) in [5, 5.41) is 10.6. The molecule has 0 amide bonds. The van der Waals surface area contributed by atoms with E-state index in [2.05, 4.69) is 4.98 Å². The summed E-state index contributed by atoms with van der Waals surface area (Å²) < 4.78 is 13.0. The van der Waals surface area contributed by atoms with Gasteiger partial charge in [-0.15, -0.1) is 0 Å². The highest BCUT2D eigenvalue weighted by atomic mass is 35.5. The minimum atomic E-state index is -0.870. The molecule has 1 heterocycles. The molecule has 0 bridgehead atoms. The zero-order valence-corrected chi connectivity index (χ0v) is 11.3. The number of aromatic nitrogens is 1. The zero-order valence-electron chi connectivity index (χ0n) is 10.5. The van der Waals surface area contributed by atoms with Crippen LogP contribution in [0.3, 0.4) is 0 Å². The number of H-pyrrole nitrogens is 1. The predicted molar refractivity (Wildman–Crippen MR) is 70.5 cm³/mol. The average molecular weight is 268 g/mol. The fourth-order valence-corrected chi connectivity index (χ4v) is 2.30. The molecule has 18 heavy (non-hydrogen) atoms. The Morgan fingerprint density at radius 3 is 2.39 bits per heavy atom. The Morgan fingerprint density at radius 2 is 1.89 bits per heavy atom. The molecule has 2 nitrogen and oxygen atoms in total. The molecule has 1 aromatic heterocycles. The second-order valence-electron chi connectivity index (χ2n) is 4.48. The summed E-state index contributed by atoms with van der Waals surface area (Å²) >= 11 is 5.96. The van der Waals surface area contributed by atoms with Crippen LogP contribution in [0, 0.1) is 26.6 Å². The van der Waals surface area contributed by atoms with Crippen LogP contribution in [0.5, 0.6) is 0 Å². The molecule has 0 spiro atoms. The number of aromatic amines is 1. The summed E-state index contributed by atoms with van der Waals surface area (Å²) in [4.78, 5) is 3.15. The molecule has 1 aromatic carbocycles. The van der Waals surface area contributed by atoms with E-state index in [-0.39, 0.29) is 5.02 Å². The molecule has 2 N–H and O–H groups in total. The van der Waals surface area contributed by atoms with Crippen LogP contribution in [0.25, 0.3) is 0 Å². The summed E-state index contributed by atoms with van der Waals surface area (Å²) in [5.41, 5.74) is 4.34. The molecular formula is C14H15ClFNO. The third kappa shape index (κ3) is 2.16. The first-order chi connectivity index (χ1) is 8.41. The van der Waals surface area contributed by atoms with Gasteiger partial charge in [-0.3, -0.25) is 0 Å². The van der Waals surface area contributed by atoms with Crippen molar-refractivity contribution < 1.29 is 9.50 Å². The van der Waals surface area contributed by atoms with Crippen LogP contribution in [0.1, 0.15) is 34.2 Å². The molecule has 0 fully saturated rings. The highest BCUT2D eigenvalue weighted by molar-refractivity contribution is 6.31. The standard InChI is InChI=1S/C14H15ClFNO/c1-7-8(2)13(17-9(7)3)14(18)11-5-4-10(16)6-12(11)15/h4-6,14,17-18H,1-3H3. The van der Waals surface area contributed by atoms with Gasteiger partial charge in [-0.2, -0.15) is 0 Å². The fraction of sp³-hybridized carbons (Fsp3) is 0.286. The van der Waals surface area contributed by atoms with Gasteiger partial charge in [0.15, 0.2) is 0 Å². The Labute approximate surface area is 110 Å². The van der Waals surface area contributed by atoms with Crippen molar-refractivity contribution in [1.82, 2.24) is 4.98 Å². The van der Waals surface area contributed by atoms with E-state index in [0.717, 1.165) is 16.8 Å². The predicted octanol–water partition coefficient (Wildman–Crippen LogP) is 3.81. The topological polar surface area (TPSA) is 36.0 Å². The van der Waals surface area contributed by atoms with Gasteiger partial charge in [-0.25, -0.2) is 4.39 Å². The van der Waals surface area contributed by atoms with Crippen LogP contribution in [0.2, 0.25) is 5.02 Å². The van der Waals surface area contributed by atoms with Crippen molar-refractivity contribution in [2.75, 3.05) is 0 Å². The van der Waals surface area contributed by atoms with E-state index in [1.807, 2.05) is 20.8 Å². The monoisotopic (exact) mass is 267 g/mol. The molecular weight excluding hydrogens is 253 g/mol. The normalized spacial score (nSPS) is 12.8. The lowest BCUT2D eigenvalue weighted by Gasteiger charge is -2.13. The number of halogens is 2. The maximum absolute atomic E-state index is 13.0. The SMILES string of the molecule is Cc1[nH]c(C(O)c2ccc(F)cc2Cl)c(C)c1C. The molecule has 0 saturated heterocycles. The molecule has 0 aliphatic rings. The number of benzene rings is 1. The Bertz CT molecular complexity index is 592. The summed E-state index contributed by atoms with van der Waals surface area (Å²) in [7, 11) is 0. The largest absolute Gasteiger partial charge is 0.382 e. The molecule has 1 unspecified atom stereocenters. The minimum Gasteiger partial charge on any atom is -0.382 e. The lowest BCUT2D eigenvalue weighted by molar-refractivity contribution is 0.215. The Hall–Kier alpha value is -1.32. The molecule has 2 rings (SSSR count). The van der Waals surface area contributed by atoms with E-state index in [0.29, 0.717) is 11.3 Å². The van der Waals surface area contributed by atoms with Crippen LogP contribution in [0.15, 0.2) is 18.2 Å². The fourth-order valence-electron chi connectivity index (χ4n) is 2.02. The van der Waals surface area contributed by atoms with E-state index in [1.54, 1.807) is 0 Å². The number of aliphatic hydroxyl groups excluding tert-OH is 1. The van der Waals surface area contributed by atoms with E-state index in [9.17, 15) is 9.50 Å². The first-order valence-electron chi connectivity index (χ1n) is 5.70. The molecule has 2 aromatic rings. The third-order valence-corrected chi connectivity index (χ3v) is 3.71. The van der Waals surface area contributed by atoms with Crippen LogP contribution in [-0.4, -0.2) is 10.1 Å². The first-order valence-corrected chi connectivity index (χ1v) is 6.08. The molecule has 1 atom stereocenters. The lowest BCUT2D eigenvalue weighted by atomic mass is 10.0. The van der Waals surface area contributed by atoms with Crippen molar-refractivity contribution in [1.29, 1.82) is 0 Å². The van der Waals surface area contributed by atoms with Crippen molar-refractivity contribution in [2.24, 2.45) is 0 Å². The van der Waals surface area contributed by atoms with Crippen molar-refractivity contribution >= 4 is 11.6 Å². The van der Waals surface area contributed by atoms with Gasteiger partial charge in [-0.1, -0.05) is 17.7 Å². The first kappa shape index (κ1) is 13.1. The zero-order chi connectivity index (χ0) is 13.4. The van der Waals surface area contributed by atoms with E-state index in [1.165, 1.54) is 18.2 Å². The van der Waals surface area contributed by atoms with Gasteiger partial charge in [0.1, 0.15) is 11.9 Å². The van der Waals surface area contributed by atoms with E-state index >= 15 is 0 Å². The van der Waals surface area contributed by atoms with Crippen LogP contribution in [-0.2, 0) is 0 Å². The van der Waals surface area contributed by atoms with Crippen LogP contribution < -0.4 is 0 Å². The number of rotatable bonds is 2. The Kier molecular flexibility index (Phi) is 3.46. The van der Waals surface area contributed by atoms with Gasteiger partial charge in [-0.05, 0) is 44.0 Å². The minimum absolute atomic E-state index is 0.229. The smallest absolute Gasteiger partial charge is 0.124 e. The quantitative estimate of drug-likeness (QED) is 0.853. The summed E-state index contributed by atoms with van der Waals surface area (Å²) in [6.07, 6.45) is -0.870. The van der Waals surface area contributed by atoms with E-state index < -0.39 is 11.9 Å². The highest BCUT2D eigenvalue weighted by Crippen LogP contribution is 2.31. The van der Waals surface area contributed by atoms with Gasteiger partial charge in [0, 0.05) is 16.3 Å². The van der Waals surface area contributed by atoms with Crippen molar-refractivity contribution in [3.05, 3.63) is 57.1 Å². The molecule has 0 aliphatic carbocycles. The summed E-state index contributed by atoms with van der Waals surface area (Å²) in [6.45, 7) is 5.88. The molecule has 0 aliphatic heterocycles. The van der Waals surface area contributed by atoms with Gasteiger partial charge < -0.3 is 10.1 Å². The van der Waals surface area contributed by atoms with Crippen LogP contribution >= 0.6 is 11.6 Å². The summed E-state index contributed by atoms with van der Waals surface area (Å²) in [5.74, 6) is -0.411. The van der Waals surface area contributed by atoms with Gasteiger partial charge in [0.05, 0.1) is 5.69 Å². The van der Waals surface area contributed by atoms with Crippen molar-refractivity contribution in [2.45, 2.75) is 26.9 Å².